The number of fused-ring (bicyclic) bond motifs is 1. The average Bonchev–Trinajstić information content (AvgIpc) is 3.27. The molecule has 0 amide bonds. The number of benzene rings is 1. The number of methoxy groups -OCH3 is 2. The molecule has 0 radical (unpaired) electrons. The molecule has 1 aromatic carbocycles. The van der Waals surface area contributed by atoms with Crippen LogP contribution in [0.2, 0.25) is 10.0 Å². The number of ether oxygens (including phenoxy) is 4. The van der Waals surface area contributed by atoms with Gasteiger partial charge in [0.2, 0.25) is 11.8 Å². The number of anilines is 1. The third-order valence-electron chi connectivity index (χ3n) is 4.97. The Bertz CT molecular complexity index is 1110. The molecule has 1 N–H and O–H groups in total. The van der Waals surface area contributed by atoms with Crippen molar-refractivity contribution in [2.75, 3.05) is 32.8 Å². The summed E-state index contributed by atoms with van der Waals surface area (Å²) < 4.78 is 22.2. The van der Waals surface area contributed by atoms with Gasteiger partial charge in [-0.2, -0.15) is 0 Å². The summed E-state index contributed by atoms with van der Waals surface area (Å²) in [6.45, 7) is 5.20. The molecular weight excluding hydrogens is 455 g/mol. The van der Waals surface area contributed by atoms with Crippen LogP contribution in [0.15, 0.2) is 18.3 Å². The van der Waals surface area contributed by atoms with Crippen molar-refractivity contribution < 1.29 is 18.9 Å². The van der Waals surface area contributed by atoms with E-state index in [-0.39, 0.29) is 12.1 Å². The Morgan fingerprint density at radius 1 is 1.09 bits per heavy atom. The van der Waals surface area contributed by atoms with Crippen LogP contribution in [0.25, 0.3) is 22.2 Å². The van der Waals surface area contributed by atoms with Crippen LogP contribution in [0.3, 0.4) is 0 Å². The van der Waals surface area contributed by atoms with E-state index in [2.05, 4.69) is 15.3 Å². The Morgan fingerprint density at radius 2 is 1.81 bits per heavy atom. The van der Waals surface area contributed by atoms with E-state index in [0.717, 1.165) is 18.4 Å². The first-order valence-corrected chi connectivity index (χ1v) is 11.0. The minimum absolute atomic E-state index is 0.124. The SMILES string of the molecule is COc1cc(OC)c(Cl)c(-c2cc3cnc(NC4CCOC4)nc3c(OC(C)C)n2)c1Cl. The Morgan fingerprint density at radius 3 is 2.41 bits per heavy atom. The number of aromatic nitrogens is 3. The molecule has 0 saturated carbocycles. The number of rotatable bonds is 7. The van der Waals surface area contributed by atoms with Gasteiger partial charge in [0.05, 0.1) is 48.7 Å². The summed E-state index contributed by atoms with van der Waals surface area (Å²) in [5, 5.41) is 4.67. The standard InChI is InChI=1S/C22H24Cl2N4O4/c1-11(2)32-21-20-12(9-25-22(28-20)26-13-5-6-31-10-13)7-14(27-21)17-18(23)15(29-3)8-16(30-4)19(17)24/h7-9,11,13H,5-6,10H2,1-4H3,(H,25,26,28). The fourth-order valence-electron chi connectivity index (χ4n) is 3.45. The van der Waals surface area contributed by atoms with Crippen LogP contribution < -0.4 is 19.5 Å². The zero-order valence-electron chi connectivity index (χ0n) is 18.2. The fraction of sp³-hybridized carbons (Fsp3) is 0.409. The lowest BCUT2D eigenvalue weighted by Gasteiger charge is -2.17. The van der Waals surface area contributed by atoms with E-state index in [1.807, 2.05) is 19.9 Å². The highest BCUT2D eigenvalue weighted by molar-refractivity contribution is 6.41. The molecule has 1 aliphatic rings. The smallest absolute Gasteiger partial charge is 0.241 e. The fourth-order valence-corrected chi connectivity index (χ4v) is 4.15. The number of hydrogen-bond acceptors (Lipinski definition) is 8. The zero-order chi connectivity index (χ0) is 22.8. The van der Waals surface area contributed by atoms with Gasteiger partial charge in [-0.1, -0.05) is 23.2 Å². The van der Waals surface area contributed by atoms with Gasteiger partial charge in [0.25, 0.3) is 0 Å². The lowest BCUT2D eigenvalue weighted by molar-refractivity contribution is 0.195. The minimum Gasteiger partial charge on any atom is -0.495 e. The molecule has 1 unspecified atom stereocenters. The van der Waals surface area contributed by atoms with Crippen LogP contribution in [0, 0.1) is 0 Å². The quantitative estimate of drug-likeness (QED) is 0.507. The molecule has 32 heavy (non-hydrogen) atoms. The Kier molecular flexibility index (Phi) is 6.74. The number of nitrogens with one attached hydrogen (secondary N) is 1. The van der Waals surface area contributed by atoms with Crippen molar-refractivity contribution in [3.63, 3.8) is 0 Å². The molecule has 1 fully saturated rings. The molecule has 1 aliphatic heterocycles. The third-order valence-corrected chi connectivity index (χ3v) is 5.72. The van der Waals surface area contributed by atoms with Crippen molar-refractivity contribution >= 4 is 40.1 Å². The van der Waals surface area contributed by atoms with Gasteiger partial charge in [-0.3, -0.25) is 0 Å². The summed E-state index contributed by atoms with van der Waals surface area (Å²) in [7, 11) is 3.05. The molecule has 3 heterocycles. The van der Waals surface area contributed by atoms with Crippen LogP contribution in [0.4, 0.5) is 5.95 Å². The average molecular weight is 479 g/mol. The third kappa shape index (κ3) is 4.48. The predicted octanol–water partition coefficient (Wildman–Crippen LogP) is 5.00. The van der Waals surface area contributed by atoms with Gasteiger partial charge in [-0.15, -0.1) is 0 Å². The van der Waals surface area contributed by atoms with Crippen LogP contribution in [0.5, 0.6) is 17.4 Å². The highest BCUT2D eigenvalue weighted by Gasteiger charge is 2.23. The van der Waals surface area contributed by atoms with Crippen molar-refractivity contribution in [1.82, 2.24) is 15.0 Å². The molecule has 8 nitrogen and oxygen atoms in total. The maximum absolute atomic E-state index is 6.61. The topological polar surface area (TPSA) is 87.6 Å². The molecule has 170 valence electrons. The molecule has 1 atom stereocenters. The van der Waals surface area contributed by atoms with Crippen molar-refractivity contribution in [1.29, 1.82) is 0 Å². The normalized spacial score (nSPS) is 15.9. The number of hydrogen-bond donors (Lipinski definition) is 1. The van der Waals surface area contributed by atoms with Crippen LogP contribution in [0.1, 0.15) is 20.3 Å². The summed E-state index contributed by atoms with van der Waals surface area (Å²) in [5.74, 6) is 1.70. The van der Waals surface area contributed by atoms with Gasteiger partial charge >= 0.3 is 0 Å². The Labute approximate surface area is 196 Å². The van der Waals surface area contributed by atoms with Crippen molar-refractivity contribution in [3.05, 3.63) is 28.4 Å². The minimum atomic E-state index is -0.124. The van der Waals surface area contributed by atoms with E-state index < -0.39 is 0 Å². The molecule has 0 aliphatic carbocycles. The van der Waals surface area contributed by atoms with Gasteiger partial charge in [0.15, 0.2) is 0 Å². The summed E-state index contributed by atoms with van der Waals surface area (Å²) in [5.41, 5.74) is 1.56. The molecule has 0 bridgehead atoms. The summed E-state index contributed by atoms with van der Waals surface area (Å²) in [4.78, 5) is 13.8. The van der Waals surface area contributed by atoms with Crippen molar-refractivity contribution in [3.8, 4) is 28.6 Å². The number of halogens is 2. The highest BCUT2D eigenvalue weighted by atomic mass is 35.5. The first-order chi connectivity index (χ1) is 15.4. The van der Waals surface area contributed by atoms with E-state index >= 15 is 0 Å². The lowest BCUT2D eigenvalue weighted by Crippen LogP contribution is -2.20. The molecule has 3 aromatic rings. The predicted molar refractivity (Wildman–Crippen MR) is 125 cm³/mol. The maximum Gasteiger partial charge on any atom is 0.241 e. The highest BCUT2D eigenvalue weighted by Crippen LogP contribution is 2.46. The molecule has 2 aromatic heterocycles. The lowest BCUT2D eigenvalue weighted by atomic mass is 10.1. The number of nitrogens with zero attached hydrogens (tertiary/aromatic N) is 3. The van der Waals surface area contributed by atoms with E-state index in [0.29, 0.717) is 56.8 Å². The monoisotopic (exact) mass is 478 g/mol. The van der Waals surface area contributed by atoms with Gasteiger partial charge in [-0.25, -0.2) is 15.0 Å². The molecule has 0 spiro atoms. The zero-order valence-corrected chi connectivity index (χ0v) is 19.8. The molecule has 10 heteroatoms. The summed E-state index contributed by atoms with van der Waals surface area (Å²) in [6.07, 6.45) is 2.50. The summed E-state index contributed by atoms with van der Waals surface area (Å²) in [6, 6.07) is 3.63. The first-order valence-electron chi connectivity index (χ1n) is 10.2. The van der Waals surface area contributed by atoms with Crippen molar-refractivity contribution in [2.45, 2.75) is 32.4 Å². The molecule has 1 saturated heterocycles. The second-order valence-corrected chi connectivity index (χ2v) is 8.36. The molecule has 4 rings (SSSR count). The van der Waals surface area contributed by atoms with Crippen molar-refractivity contribution in [2.24, 2.45) is 0 Å². The second-order valence-electron chi connectivity index (χ2n) is 7.60. The van der Waals surface area contributed by atoms with Gasteiger partial charge in [-0.05, 0) is 26.3 Å². The van der Waals surface area contributed by atoms with E-state index in [9.17, 15) is 0 Å². The first kappa shape index (κ1) is 22.6. The van der Waals surface area contributed by atoms with Gasteiger partial charge in [0.1, 0.15) is 17.0 Å². The van der Waals surface area contributed by atoms with Crippen LogP contribution in [-0.2, 0) is 4.74 Å². The van der Waals surface area contributed by atoms with Crippen LogP contribution in [-0.4, -0.2) is 54.5 Å². The van der Waals surface area contributed by atoms with Gasteiger partial charge < -0.3 is 24.3 Å². The summed E-state index contributed by atoms with van der Waals surface area (Å²) >= 11 is 13.2. The van der Waals surface area contributed by atoms with E-state index in [1.54, 1.807) is 12.3 Å². The second kappa shape index (κ2) is 9.52. The van der Waals surface area contributed by atoms with E-state index in [4.69, 9.17) is 47.1 Å². The number of pyridine rings is 1. The maximum atomic E-state index is 6.61. The molecular formula is C22H24Cl2N4O4. The van der Waals surface area contributed by atoms with Gasteiger partial charge in [0, 0.05) is 29.8 Å². The largest absolute Gasteiger partial charge is 0.495 e. The Hall–Kier alpha value is -2.55. The van der Waals surface area contributed by atoms with Crippen LogP contribution >= 0.6 is 23.2 Å². The van der Waals surface area contributed by atoms with E-state index in [1.165, 1.54) is 14.2 Å². The Balaban J connectivity index is 1.86.